The summed E-state index contributed by atoms with van der Waals surface area (Å²) in [5, 5.41) is 18.9. The van der Waals surface area contributed by atoms with Crippen LogP contribution in [0.25, 0.3) is 10.9 Å². The highest BCUT2D eigenvalue weighted by Crippen LogP contribution is 2.32. The molecular formula is C10H5Br2NO3. The molecule has 82 valence electrons. The number of benzene rings is 1. The molecule has 16 heavy (non-hydrogen) atoms. The van der Waals surface area contributed by atoms with E-state index in [1.54, 1.807) is 12.1 Å². The molecule has 2 aromatic rings. The molecule has 0 fully saturated rings. The molecule has 0 aliphatic heterocycles. The molecule has 0 amide bonds. The van der Waals surface area contributed by atoms with Crippen molar-refractivity contribution in [2.24, 2.45) is 0 Å². The summed E-state index contributed by atoms with van der Waals surface area (Å²) < 4.78 is 1.38. The molecule has 1 aromatic carbocycles. The largest absolute Gasteiger partial charge is 0.505 e. The smallest absolute Gasteiger partial charge is 0.340 e. The van der Waals surface area contributed by atoms with Gasteiger partial charge in [-0.1, -0.05) is 15.9 Å². The third-order valence-corrected chi connectivity index (χ3v) is 3.15. The van der Waals surface area contributed by atoms with E-state index in [0.29, 0.717) is 19.8 Å². The summed E-state index contributed by atoms with van der Waals surface area (Å²) in [6.07, 6.45) is 1.13. The number of pyridine rings is 1. The van der Waals surface area contributed by atoms with Gasteiger partial charge in [-0.2, -0.15) is 0 Å². The number of nitrogens with zero attached hydrogens (tertiary/aromatic N) is 1. The van der Waals surface area contributed by atoms with Crippen molar-refractivity contribution in [1.82, 2.24) is 4.98 Å². The third-order valence-electron chi connectivity index (χ3n) is 2.08. The lowest BCUT2D eigenvalue weighted by Crippen LogP contribution is -1.99. The van der Waals surface area contributed by atoms with Crippen molar-refractivity contribution >= 4 is 48.7 Å². The van der Waals surface area contributed by atoms with Gasteiger partial charge in [0.1, 0.15) is 11.3 Å². The van der Waals surface area contributed by atoms with Gasteiger partial charge in [-0.3, -0.25) is 4.98 Å². The normalized spacial score (nSPS) is 10.6. The van der Waals surface area contributed by atoms with Gasteiger partial charge in [-0.25, -0.2) is 4.79 Å². The molecule has 0 aliphatic rings. The number of carbonyl (C=O) groups is 1. The average molecular weight is 347 g/mol. The monoisotopic (exact) mass is 345 g/mol. The molecule has 0 spiro atoms. The maximum absolute atomic E-state index is 11.0. The van der Waals surface area contributed by atoms with Crippen molar-refractivity contribution in [2.75, 3.05) is 0 Å². The van der Waals surface area contributed by atoms with E-state index in [-0.39, 0.29) is 11.3 Å². The van der Waals surface area contributed by atoms with Crippen LogP contribution in [0.2, 0.25) is 0 Å². The molecule has 0 saturated heterocycles. The zero-order valence-electron chi connectivity index (χ0n) is 7.74. The van der Waals surface area contributed by atoms with Crippen LogP contribution in [-0.4, -0.2) is 21.2 Å². The summed E-state index contributed by atoms with van der Waals surface area (Å²) in [6, 6.07) is 3.37. The van der Waals surface area contributed by atoms with Gasteiger partial charge >= 0.3 is 5.97 Å². The lowest BCUT2D eigenvalue weighted by Gasteiger charge is -2.06. The highest BCUT2D eigenvalue weighted by Gasteiger charge is 2.16. The van der Waals surface area contributed by atoms with E-state index in [1.807, 2.05) is 0 Å². The molecule has 0 saturated carbocycles. The predicted molar refractivity (Wildman–Crippen MR) is 65.8 cm³/mol. The first-order valence-corrected chi connectivity index (χ1v) is 5.79. The van der Waals surface area contributed by atoms with Crippen molar-refractivity contribution < 1.29 is 15.0 Å². The zero-order valence-corrected chi connectivity index (χ0v) is 10.9. The second-order valence-corrected chi connectivity index (χ2v) is 4.88. The van der Waals surface area contributed by atoms with E-state index in [9.17, 15) is 9.90 Å². The minimum Gasteiger partial charge on any atom is -0.505 e. The fourth-order valence-electron chi connectivity index (χ4n) is 1.44. The Morgan fingerprint density at radius 2 is 2.00 bits per heavy atom. The van der Waals surface area contributed by atoms with Gasteiger partial charge in [0, 0.05) is 14.3 Å². The molecule has 4 nitrogen and oxygen atoms in total. The standard InChI is InChI=1S/C10H5Br2NO3/c11-4-1-5-8(10(15)16)7(14)3-13-9(5)6(12)2-4/h1-3,14H,(H,15,16). The Morgan fingerprint density at radius 1 is 1.31 bits per heavy atom. The molecule has 1 heterocycles. The average Bonchev–Trinajstić information content (AvgIpc) is 2.15. The number of aromatic carboxylic acids is 1. The van der Waals surface area contributed by atoms with Crippen LogP contribution in [-0.2, 0) is 0 Å². The minimum absolute atomic E-state index is 0.146. The first-order chi connectivity index (χ1) is 7.50. The summed E-state index contributed by atoms with van der Waals surface area (Å²) in [6.45, 7) is 0. The first kappa shape index (κ1) is 11.3. The molecular weight excluding hydrogens is 342 g/mol. The van der Waals surface area contributed by atoms with Crippen molar-refractivity contribution in [3.05, 3.63) is 32.8 Å². The van der Waals surface area contributed by atoms with Crippen LogP contribution in [0.4, 0.5) is 0 Å². The molecule has 1 aromatic heterocycles. The highest BCUT2D eigenvalue weighted by molar-refractivity contribution is 9.11. The van der Waals surface area contributed by atoms with Gasteiger partial charge in [-0.15, -0.1) is 0 Å². The number of halogens is 2. The van der Waals surface area contributed by atoms with Crippen LogP contribution in [0.15, 0.2) is 27.3 Å². The fraction of sp³-hybridized carbons (Fsp3) is 0. The van der Waals surface area contributed by atoms with E-state index < -0.39 is 5.97 Å². The Morgan fingerprint density at radius 3 is 2.62 bits per heavy atom. The van der Waals surface area contributed by atoms with Gasteiger partial charge in [-0.05, 0) is 28.1 Å². The molecule has 0 radical (unpaired) electrons. The summed E-state index contributed by atoms with van der Waals surface area (Å²) >= 11 is 6.55. The Labute approximate surface area is 107 Å². The number of aromatic hydroxyl groups is 1. The quantitative estimate of drug-likeness (QED) is 0.832. The molecule has 2 N–H and O–H groups in total. The summed E-state index contributed by atoms with van der Waals surface area (Å²) in [4.78, 5) is 15.0. The second kappa shape index (κ2) is 4.03. The molecule has 0 unspecified atom stereocenters. The molecule has 2 rings (SSSR count). The van der Waals surface area contributed by atoms with E-state index in [1.165, 1.54) is 0 Å². The predicted octanol–water partition coefficient (Wildman–Crippen LogP) is 3.16. The summed E-state index contributed by atoms with van der Waals surface area (Å²) in [5.74, 6) is -1.53. The van der Waals surface area contributed by atoms with Crippen LogP contribution < -0.4 is 0 Å². The lowest BCUT2D eigenvalue weighted by molar-refractivity contribution is 0.0696. The van der Waals surface area contributed by atoms with Crippen LogP contribution in [0.3, 0.4) is 0 Å². The Bertz CT molecular complexity index is 598. The third kappa shape index (κ3) is 1.78. The van der Waals surface area contributed by atoms with Crippen LogP contribution in [0.1, 0.15) is 10.4 Å². The van der Waals surface area contributed by atoms with Crippen LogP contribution >= 0.6 is 31.9 Å². The van der Waals surface area contributed by atoms with Gasteiger partial charge in [0.05, 0.1) is 11.7 Å². The van der Waals surface area contributed by atoms with Gasteiger partial charge in [0.2, 0.25) is 0 Å². The van der Waals surface area contributed by atoms with Crippen molar-refractivity contribution in [3.8, 4) is 5.75 Å². The first-order valence-electron chi connectivity index (χ1n) is 4.20. The SMILES string of the molecule is O=C(O)c1c(O)cnc2c(Br)cc(Br)cc12. The van der Waals surface area contributed by atoms with E-state index in [0.717, 1.165) is 6.20 Å². The molecule has 0 bridgehead atoms. The Kier molecular flexibility index (Phi) is 2.86. The highest BCUT2D eigenvalue weighted by atomic mass is 79.9. The van der Waals surface area contributed by atoms with Crippen molar-refractivity contribution in [3.63, 3.8) is 0 Å². The second-order valence-electron chi connectivity index (χ2n) is 3.11. The van der Waals surface area contributed by atoms with Gasteiger partial charge in [0.15, 0.2) is 0 Å². The number of aromatic nitrogens is 1. The minimum atomic E-state index is -1.19. The van der Waals surface area contributed by atoms with Crippen molar-refractivity contribution in [1.29, 1.82) is 0 Å². The maximum Gasteiger partial charge on any atom is 0.340 e. The molecule has 0 aliphatic carbocycles. The van der Waals surface area contributed by atoms with Crippen LogP contribution in [0, 0.1) is 0 Å². The number of carboxylic acid groups (broad SMARTS) is 1. The van der Waals surface area contributed by atoms with E-state index >= 15 is 0 Å². The topological polar surface area (TPSA) is 70.4 Å². The Balaban J connectivity index is 2.97. The van der Waals surface area contributed by atoms with Crippen molar-refractivity contribution in [2.45, 2.75) is 0 Å². The van der Waals surface area contributed by atoms with E-state index in [4.69, 9.17) is 5.11 Å². The van der Waals surface area contributed by atoms with Crippen LogP contribution in [0.5, 0.6) is 5.75 Å². The van der Waals surface area contributed by atoms with E-state index in [2.05, 4.69) is 36.8 Å². The summed E-state index contributed by atoms with van der Waals surface area (Å²) in [5.41, 5.74) is 0.352. The lowest BCUT2D eigenvalue weighted by atomic mass is 10.1. The Hall–Kier alpha value is -1.14. The molecule has 6 heteroatoms. The van der Waals surface area contributed by atoms with Gasteiger partial charge < -0.3 is 10.2 Å². The number of hydrogen-bond donors (Lipinski definition) is 2. The number of carboxylic acids is 1. The number of hydrogen-bond acceptors (Lipinski definition) is 3. The van der Waals surface area contributed by atoms with Gasteiger partial charge in [0.25, 0.3) is 0 Å². The number of fused-ring (bicyclic) bond motifs is 1. The summed E-state index contributed by atoms with van der Waals surface area (Å²) in [7, 11) is 0. The molecule has 0 atom stereocenters. The maximum atomic E-state index is 11.0. The number of rotatable bonds is 1. The fourth-order valence-corrected chi connectivity index (χ4v) is 2.77. The zero-order chi connectivity index (χ0) is 11.9.